The third kappa shape index (κ3) is 5.62. The predicted octanol–water partition coefficient (Wildman–Crippen LogP) is -0.379. The minimum Gasteiger partial charge on any atom is -1.00 e. The number of rotatable bonds is 6. The van der Waals surface area contributed by atoms with Gasteiger partial charge in [-0.05, 0) is 17.2 Å². The van der Waals surface area contributed by atoms with Crippen LogP contribution < -0.4 is 27.9 Å². The van der Waals surface area contributed by atoms with E-state index in [1.807, 2.05) is 69.6 Å². The number of anilines is 1. The molecular formula is C20H26ClN3O. The lowest BCUT2D eigenvalue weighted by Crippen LogP contribution is -3.11. The number of urea groups is 1. The van der Waals surface area contributed by atoms with Gasteiger partial charge in [0.2, 0.25) is 0 Å². The number of carbonyl (C=O) groups excluding carboxylic acids is 1. The van der Waals surface area contributed by atoms with Gasteiger partial charge in [-0.3, -0.25) is 5.32 Å². The lowest BCUT2D eigenvalue weighted by atomic mass is 9.90. The van der Waals surface area contributed by atoms with Crippen LogP contribution in [0.15, 0.2) is 67.3 Å². The van der Waals surface area contributed by atoms with Crippen LogP contribution in [-0.4, -0.2) is 26.3 Å². The van der Waals surface area contributed by atoms with E-state index < -0.39 is 0 Å². The van der Waals surface area contributed by atoms with Gasteiger partial charge in [-0.15, -0.1) is 6.58 Å². The van der Waals surface area contributed by atoms with E-state index in [0.717, 1.165) is 21.7 Å². The molecule has 0 aliphatic heterocycles. The molecule has 0 radical (unpaired) electrons. The van der Waals surface area contributed by atoms with Crippen molar-refractivity contribution in [2.75, 3.05) is 19.4 Å². The van der Waals surface area contributed by atoms with E-state index >= 15 is 0 Å². The number of hydrogen-bond acceptors (Lipinski definition) is 1. The SMILES string of the molecule is C=CC(c1ccccc1)c1ccccc1NC(=O)NC(C)[NH+](C)C.[Cl-]. The first-order chi connectivity index (χ1) is 11.5. The number of para-hydroxylation sites is 1. The standard InChI is InChI=1S/C20H25N3O.ClH/c1-5-17(16-11-7-6-8-12-16)18-13-9-10-14-19(18)22-20(24)21-15(2)23(3)4;/h5-15,17H,1H2,2-4H3,(H2,21,22,24);1H. The molecule has 0 fully saturated rings. The van der Waals surface area contributed by atoms with Gasteiger partial charge in [-0.25, -0.2) is 4.79 Å². The van der Waals surface area contributed by atoms with Crippen molar-refractivity contribution in [1.82, 2.24) is 5.32 Å². The first-order valence-corrected chi connectivity index (χ1v) is 8.17. The van der Waals surface area contributed by atoms with Crippen LogP contribution in [0.2, 0.25) is 0 Å². The van der Waals surface area contributed by atoms with Crippen LogP contribution in [0.5, 0.6) is 0 Å². The smallest absolute Gasteiger partial charge is 0.323 e. The Morgan fingerprint density at radius 1 is 1.08 bits per heavy atom. The molecule has 0 aliphatic rings. The molecule has 0 saturated carbocycles. The normalized spacial score (nSPS) is 12.6. The first-order valence-electron chi connectivity index (χ1n) is 8.17. The van der Waals surface area contributed by atoms with E-state index in [1.165, 1.54) is 0 Å². The van der Waals surface area contributed by atoms with E-state index in [2.05, 4.69) is 29.3 Å². The fourth-order valence-electron chi connectivity index (χ4n) is 2.48. The molecule has 3 N–H and O–H groups in total. The average Bonchev–Trinajstić information content (AvgIpc) is 2.58. The summed E-state index contributed by atoms with van der Waals surface area (Å²) < 4.78 is 0. The monoisotopic (exact) mass is 359 g/mol. The molecule has 2 amide bonds. The summed E-state index contributed by atoms with van der Waals surface area (Å²) in [6.07, 6.45) is 1.93. The number of benzene rings is 2. The van der Waals surface area contributed by atoms with Crippen LogP contribution in [0.1, 0.15) is 24.0 Å². The van der Waals surface area contributed by atoms with Gasteiger partial charge in [0, 0.05) is 18.5 Å². The number of nitrogens with one attached hydrogen (secondary N) is 3. The van der Waals surface area contributed by atoms with Gasteiger partial charge < -0.3 is 22.6 Å². The molecule has 25 heavy (non-hydrogen) atoms. The van der Waals surface area contributed by atoms with Crippen LogP contribution >= 0.6 is 0 Å². The van der Waals surface area contributed by atoms with E-state index in [0.29, 0.717) is 0 Å². The van der Waals surface area contributed by atoms with Gasteiger partial charge in [0.15, 0.2) is 6.17 Å². The summed E-state index contributed by atoms with van der Waals surface area (Å²) in [4.78, 5) is 13.4. The number of amides is 2. The maximum atomic E-state index is 12.3. The van der Waals surface area contributed by atoms with Crippen LogP contribution in [0.4, 0.5) is 10.5 Å². The van der Waals surface area contributed by atoms with Crippen molar-refractivity contribution in [3.8, 4) is 0 Å². The molecule has 134 valence electrons. The van der Waals surface area contributed by atoms with Crippen LogP contribution in [0.25, 0.3) is 0 Å². The number of allylic oxidation sites excluding steroid dienone is 1. The molecule has 0 spiro atoms. The van der Waals surface area contributed by atoms with Crippen LogP contribution in [0, 0.1) is 0 Å². The molecule has 5 heteroatoms. The molecule has 2 unspecified atom stereocenters. The number of carbonyl (C=O) groups is 1. The van der Waals surface area contributed by atoms with Gasteiger partial charge >= 0.3 is 6.03 Å². The first kappa shape index (κ1) is 20.7. The van der Waals surface area contributed by atoms with Crippen molar-refractivity contribution in [1.29, 1.82) is 0 Å². The Bertz CT molecular complexity index is 688. The minimum absolute atomic E-state index is 0. The molecule has 0 saturated heterocycles. The Morgan fingerprint density at radius 3 is 2.28 bits per heavy atom. The van der Waals surface area contributed by atoms with Gasteiger partial charge in [0.05, 0.1) is 14.1 Å². The summed E-state index contributed by atoms with van der Waals surface area (Å²) in [7, 11) is 4.00. The Morgan fingerprint density at radius 2 is 1.68 bits per heavy atom. The average molecular weight is 360 g/mol. The highest BCUT2D eigenvalue weighted by molar-refractivity contribution is 5.90. The van der Waals surface area contributed by atoms with E-state index in [-0.39, 0.29) is 30.5 Å². The molecule has 2 aromatic rings. The van der Waals surface area contributed by atoms with Crippen molar-refractivity contribution in [3.05, 3.63) is 78.4 Å². The highest BCUT2D eigenvalue weighted by Crippen LogP contribution is 2.31. The Balaban J connectivity index is 0.00000312. The van der Waals surface area contributed by atoms with E-state index in [4.69, 9.17) is 0 Å². The van der Waals surface area contributed by atoms with Crippen molar-refractivity contribution >= 4 is 11.7 Å². The summed E-state index contributed by atoms with van der Waals surface area (Å²) in [5.74, 6) is 0.0274. The fraction of sp³-hybridized carbons (Fsp3) is 0.250. The fourth-order valence-corrected chi connectivity index (χ4v) is 2.48. The molecule has 0 bridgehead atoms. The largest absolute Gasteiger partial charge is 1.00 e. The quantitative estimate of drug-likeness (QED) is 0.478. The van der Waals surface area contributed by atoms with Crippen molar-refractivity contribution in [3.63, 3.8) is 0 Å². The number of halogens is 1. The van der Waals surface area contributed by atoms with Crippen molar-refractivity contribution in [2.45, 2.75) is 19.0 Å². The molecule has 4 nitrogen and oxygen atoms in total. The maximum absolute atomic E-state index is 12.3. The molecular weight excluding hydrogens is 334 g/mol. The Labute approximate surface area is 156 Å². The lowest BCUT2D eigenvalue weighted by Gasteiger charge is -2.21. The molecule has 2 atom stereocenters. The van der Waals surface area contributed by atoms with Gasteiger partial charge in [-0.2, -0.15) is 0 Å². The summed E-state index contributed by atoms with van der Waals surface area (Å²) in [6.45, 7) is 5.94. The molecule has 0 aliphatic carbocycles. The summed E-state index contributed by atoms with van der Waals surface area (Å²) in [6, 6.07) is 17.8. The van der Waals surface area contributed by atoms with Gasteiger partial charge in [0.25, 0.3) is 0 Å². The maximum Gasteiger partial charge on any atom is 0.323 e. The second-order valence-electron chi connectivity index (χ2n) is 6.11. The zero-order chi connectivity index (χ0) is 17.5. The minimum atomic E-state index is -0.202. The molecule has 2 rings (SSSR count). The molecule has 0 aromatic heterocycles. The third-order valence-electron chi connectivity index (χ3n) is 4.15. The molecule has 2 aromatic carbocycles. The third-order valence-corrected chi connectivity index (χ3v) is 4.15. The predicted molar refractivity (Wildman–Crippen MR) is 99.4 cm³/mol. The zero-order valence-electron chi connectivity index (χ0n) is 14.9. The molecule has 0 heterocycles. The van der Waals surface area contributed by atoms with Crippen LogP contribution in [-0.2, 0) is 0 Å². The second kappa shape index (κ2) is 9.87. The summed E-state index contributed by atoms with van der Waals surface area (Å²) >= 11 is 0. The Hall–Kier alpha value is -2.30. The highest BCUT2D eigenvalue weighted by Gasteiger charge is 2.17. The highest BCUT2D eigenvalue weighted by atomic mass is 35.5. The van der Waals surface area contributed by atoms with E-state index in [1.54, 1.807) is 0 Å². The summed E-state index contributed by atoms with van der Waals surface area (Å²) in [5, 5.41) is 5.91. The number of quaternary nitrogens is 1. The lowest BCUT2D eigenvalue weighted by molar-refractivity contribution is -0.885. The second-order valence-corrected chi connectivity index (χ2v) is 6.11. The zero-order valence-corrected chi connectivity index (χ0v) is 15.7. The van der Waals surface area contributed by atoms with Crippen LogP contribution in [0.3, 0.4) is 0 Å². The van der Waals surface area contributed by atoms with Crippen molar-refractivity contribution < 1.29 is 22.1 Å². The van der Waals surface area contributed by atoms with E-state index in [9.17, 15) is 4.79 Å². The van der Waals surface area contributed by atoms with Gasteiger partial charge in [-0.1, -0.05) is 54.6 Å². The number of hydrogen-bond donors (Lipinski definition) is 3. The van der Waals surface area contributed by atoms with Crippen molar-refractivity contribution in [2.24, 2.45) is 0 Å². The van der Waals surface area contributed by atoms with Gasteiger partial charge in [0.1, 0.15) is 0 Å². The topological polar surface area (TPSA) is 45.6 Å². The Kier molecular flexibility index (Phi) is 8.19. The summed E-state index contributed by atoms with van der Waals surface area (Å²) in [5.41, 5.74) is 2.97.